The van der Waals surface area contributed by atoms with E-state index in [0.717, 1.165) is 12.8 Å². The first-order valence-electron chi connectivity index (χ1n) is 10.9. The molecule has 2 heterocycles. The maximum atomic E-state index is 13.2. The summed E-state index contributed by atoms with van der Waals surface area (Å²) in [6, 6.07) is 11.8. The molecule has 1 N–H and O–H groups in total. The van der Waals surface area contributed by atoms with Crippen LogP contribution in [0.25, 0.3) is 4.85 Å². The quantitative estimate of drug-likeness (QED) is 0.556. The van der Waals surface area contributed by atoms with E-state index in [4.69, 9.17) is 34.5 Å². The molecule has 2 unspecified atom stereocenters. The van der Waals surface area contributed by atoms with Crippen LogP contribution in [0, 0.1) is 6.57 Å². The van der Waals surface area contributed by atoms with Crippen molar-refractivity contribution < 1.29 is 14.3 Å². The molecule has 2 aliphatic rings. The highest BCUT2D eigenvalue weighted by Gasteiger charge is 2.44. The van der Waals surface area contributed by atoms with Crippen LogP contribution >= 0.6 is 23.2 Å². The highest BCUT2D eigenvalue weighted by molar-refractivity contribution is 6.35. The normalized spacial score (nSPS) is 21.9. The zero-order valence-corrected chi connectivity index (χ0v) is 20.0. The Morgan fingerprint density at radius 2 is 1.82 bits per heavy atom. The van der Waals surface area contributed by atoms with E-state index < -0.39 is 5.60 Å². The lowest BCUT2D eigenvalue weighted by molar-refractivity contribution is -0.135. The van der Waals surface area contributed by atoms with Gasteiger partial charge in [-0.05, 0) is 63.8 Å². The van der Waals surface area contributed by atoms with Crippen LogP contribution in [0.1, 0.15) is 49.9 Å². The predicted molar refractivity (Wildman–Crippen MR) is 128 cm³/mol. The average molecular weight is 486 g/mol. The van der Waals surface area contributed by atoms with Crippen molar-refractivity contribution in [3.8, 4) is 5.75 Å². The van der Waals surface area contributed by atoms with Crippen molar-refractivity contribution in [3.63, 3.8) is 0 Å². The third-order valence-corrected chi connectivity index (χ3v) is 6.86. The van der Waals surface area contributed by atoms with E-state index in [1.165, 1.54) is 0 Å². The standard InChI is InChI=1S/C25H25Cl2N3O3/c1-25(2,33-22-10-7-16(26)12-21(22)27)24(32)29-18-13-19-8-9-20(14-18)30(19)23(31)15-5-4-6-17(11-15)28-3/h4-7,10-12,18-20H,8-9,13-14H2,1-2H3,(H,29,32). The van der Waals surface area contributed by atoms with Crippen LogP contribution in [-0.4, -0.2) is 40.4 Å². The number of hydrogen-bond acceptors (Lipinski definition) is 3. The van der Waals surface area contributed by atoms with Gasteiger partial charge in [0, 0.05) is 28.7 Å². The predicted octanol–water partition coefficient (Wildman–Crippen LogP) is 5.65. The molecule has 2 aromatic rings. The summed E-state index contributed by atoms with van der Waals surface area (Å²) in [6.45, 7) is 10.6. The van der Waals surface area contributed by atoms with Gasteiger partial charge in [-0.3, -0.25) is 9.59 Å². The molecule has 6 nitrogen and oxygen atoms in total. The maximum absolute atomic E-state index is 13.2. The third kappa shape index (κ3) is 4.95. The molecule has 2 aromatic carbocycles. The minimum absolute atomic E-state index is 0.0428. The Hall–Kier alpha value is -2.75. The molecule has 33 heavy (non-hydrogen) atoms. The van der Waals surface area contributed by atoms with Gasteiger partial charge >= 0.3 is 0 Å². The molecule has 2 fully saturated rings. The van der Waals surface area contributed by atoms with E-state index in [-0.39, 0.29) is 29.9 Å². The molecule has 0 spiro atoms. The Kier molecular flexibility index (Phi) is 6.56. The van der Waals surface area contributed by atoms with E-state index >= 15 is 0 Å². The van der Waals surface area contributed by atoms with Gasteiger partial charge in [0.15, 0.2) is 11.3 Å². The molecule has 0 saturated carbocycles. The monoisotopic (exact) mass is 485 g/mol. The summed E-state index contributed by atoms with van der Waals surface area (Å²) in [7, 11) is 0. The number of amides is 2. The number of piperidine rings is 1. The van der Waals surface area contributed by atoms with E-state index in [2.05, 4.69) is 10.2 Å². The smallest absolute Gasteiger partial charge is 0.263 e. The van der Waals surface area contributed by atoms with Gasteiger partial charge in [0.2, 0.25) is 0 Å². The van der Waals surface area contributed by atoms with Crippen LogP contribution in [-0.2, 0) is 4.79 Å². The highest BCUT2D eigenvalue weighted by atomic mass is 35.5. The first kappa shape index (κ1) is 23.4. The number of carbonyl (C=O) groups is 2. The van der Waals surface area contributed by atoms with Crippen molar-refractivity contribution in [1.29, 1.82) is 0 Å². The van der Waals surface area contributed by atoms with Crippen molar-refractivity contribution in [2.75, 3.05) is 0 Å². The third-order valence-electron chi connectivity index (χ3n) is 6.33. The molecule has 0 radical (unpaired) electrons. The fraction of sp³-hybridized carbons (Fsp3) is 0.400. The highest BCUT2D eigenvalue weighted by Crippen LogP contribution is 2.37. The van der Waals surface area contributed by atoms with Crippen molar-refractivity contribution in [3.05, 3.63) is 69.5 Å². The zero-order chi connectivity index (χ0) is 23.8. The van der Waals surface area contributed by atoms with E-state index in [1.54, 1.807) is 56.3 Å². The Morgan fingerprint density at radius 3 is 2.45 bits per heavy atom. The molecule has 2 amide bonds. The van der Waals surface area contributed by atoms with Crippen LogP contribution in [0.5, 0.6) is 5.75 Å². The number of nitrogens with zero attached hydrogens (tertiary/aromatic N) is 2. The summed E-state index contributed by atoms with van der Waals surface area (Å²) in [4.78, 5) is 31.6. The maximum Gasteiger partial charge on any atom is 0.263 e. The summed E-state index contributed by atoms with van der Waals surface area (Å²) in [5, 5.41) is 3.95. The molecule has 8 heteroatoms. The number of fused-ring (bicyclic) bond motifs is 2. The van der Waals surface area contributed by atoms with E-state index in [0.29, 0.717) is 39.9 Å². The lowest BCUT2D eigenvalue weighted by atomic mass is 9.95. The minimum atomic E-state index is -1.14. The van der Waals surface area contributed by atoms with Gasteiger partial charge in [0.25, 0.3) is 11.8 Å². The number of halogens is 2. The summed E-state index contributed by atoms with van der Waals surface area (Å²) in [6.07, 6.45) is 3.19. The molecule has 2 aliphatic heterocycles. The number of rotatable bonds is 5. The van der Waals surface area contributed by atoms with Gasteiger partial charge in [-0.15, -0.1) is 0 Å². The van der Waals surface area contributed by atoms with Crippen LogP contribution < -0.4 is 10.1 Å². The first-order chi connectivity index (χ1) is 15.7. The number of carbonyl (C=O) groups excluding carboxylic acids is 2. The Bertz CT molecular complexity index is 1110. The molecule has 0 aromatic heterocycles. The van der Waals surface area contributed by atoms with Crippen LogP contribution in [0.15, 0.2) is 42.5 Å². The number of ether oxygens (including phenoxy) is 1. The number of nitrogens with one attached hydrogen (secondary N) is 1. The molecular formula is C25H25Cl2N3O3. The molecule has 2 saturated heterocycles. The van der Waals surface area contributed by atoms with Gasteiger partial charge in [-0.25, -0.2) is 4.85 Å². The molecular weight excluding hydrogens is 461 g/mol. The van der Waals surface area contributed by atoms with Crippen LogP contribution in [0.4, 0.5) is 5.69 Å². The second-order valence-electron chi connectivity index (χ2n) is 9.09. The summed E-state index contributed by atoms with van der Waals surface area (Å²) < 4.78 is 5.91. The van der Waals surface area contributed by atoms with Gasteiger partial charge in [-0.2, -0.15) is 0 Å². The Balaban J connectivity index is 1.41. The van der Waals surface area contributed by atoms with E-state index in [9.17, 15) is 9.59 Å². The van der Waals surface area contributed by atoms with Crippen molar-refractivity contribution in [1.82, 2.24) is 10.2 Å². The first-order valence-corrected chi connectivity index (χ1v) is 11.7. The molecule has 0 aliphatic carbocycles. The number of benzene rings is 2. The summed E-state index contributed by atoms with van der Waals surface area (Å²) >= 11 is 12.1. The zero-order valence-electron chi connectivity index (χ0n) is 18.5. The SMILES string of the molecule is [C-]#[N+]c1cccc(C(=O)N2C3CCC2CC(NC(=O)C(C)(C)Oc2ccc(Cl)cc2Cl)C3)c1. The van der Waals surface area contributed by atoms with Gasteiger partial charge < -0.3 is 15.0 Å². The molecule has 4 rings (SSSR count). The van der Waals surface area contributed by atoms with E-state index in [1.807, 2.05) is 4.90 Å². The number of hydrogen-bond donors (Lipinski definition) is 1. The lowest BCUT2D eigenvalue weighted by Crippen LogP contribution is -2.56. The fourth-order valence-corrected chi connectivity index (χ4v) is 5.17. The van der Waals surface area contributed by atoms with Gasteiger partial charge in [0.1, 0.15) is 5.75 Å². The average Bonchev–Trinajstić information content (AvgIpc) is 3.05. The second-order valence-corrected chi connectivity index (χ2v) is 9.93. The van der Waals surface area contributed by atoms with Crippen LogP contribution in [0.3, 0.4) is 0 Å². The van der Waals surface area contributed by atoms with Crippen LogP contribution in [0.2, 0.25) is 10.0 Å². The molecule has 2 atom stereocenters. The Labute approximate surface area is 203 Å². The Morgan fingerprint density at radius 1 is 1.12 bits per heavy atom. The minimum Gasteiger partial charge on any atom is -0.476 e. The fourth-order valence-electron chi connectivity index (χ4n) is 4.72. The van der Waals surface area contributed by atoms with Gasteiger partial charge in [0.05, 0.1) is 11.6 Å². The van der Waals surface area contributed by atoms with Gasteiger partial charge in [-0.1, -0.05) is 41.4 Å². The summed E-state index contributed by atoms with van der Waals surface area (Å²) in [5.41, 5.74) is -0.139. The summed E-state index contributed by atoms with van der Waals surface area (Å²) in [5.74, 6) is 0.115. The van der Waals surface area contributed by atoms with Crippen molar-refractivity contribution in [2.24, 2.45) is 0 Å². The van der Waals surface area contributed by atoms with Crippen molar-refractivity contribution in [2.45, 2.75) is 63.3 Å². The largest absolute Gasteiger partial charge is 0.476 e. The molecule has 2 bridgehead atoms. The van der Waals surface area contributed by atoms with Crippen molar-refractivity contribution >= 4 is 40.7 Å². The second kappa shape index (κ2) is 9.24. The lowest BCUT2D eigenvalue weighted by Gasteiger charge is -2.40. The molecule has 172 valence electrons. The topological polar surface area (TPSA) is 63.0 Å².